The van der Waals surface area contributed by atoms with E-state index in [4.69, 9.17) is 10.00 Å². The number of ether oxygens (including phenoxy) is 1. The zero-order valence-electron chi connectivity index (χ0n) is 9.56. The lowest BCUT2D eigenvalue weighted by Gasteiger charge is -2.08. The molecule has 0 aliphatic carbocycles. The predicted octanol–water partition coefficient (Wildman–Crippen LogP) is 3.44. The second-order valence-electron chi connectivity index (χ2n) is 3.66. The smallest absolute Gasteiger partial charge is 0.167 e. The minimum Gasteiger partial charge on any atom is -0.454 e. The van der Waals surface area contributed by atoms with E-state index in [-0.39, 0.29) is 22.6 Å². The molecule has 2 rings (SSSR count). The Labute approximate surface area is 107 Å². The molecule has 19 heavy (non-hydrogen) atoms. The Morgan fingerprint density at radius 1 is 1.11 bits per heavy atom. The largest absolute Gasteiger partial charge is 0.454 e. The molecule has 2 aromatic rings. The summed E-state index contributed by atoms with van der Waals surface area (Å²) in [5.41, 5.74) is 0.128. The van der Waals surface area contributed by atoms with Gasteiger partial charge < -0.3 is 4.74 Å². The van der Waals surface area contributed by atoms with Gasteiger partial charge in [-0.3, -0.25) is 4.79 Å². The molecular formula is C14H7F2NO2. The Bertz CT molecular complexity index is 678. The van der Waals surface area contributed by atoms with Crippen LogP contribution in [-0.4, -0.2) is 6.29 Å². The van der Waals surface area contributed by atoms with Gasteiger partial charge in [-0.05, 0) is 36.4 Å². The number of nitrogens with zero attached hydrogens (tertiary/aromatic N) is 1. The van der Waals surface area contributed by atoms with Crippen LogP contribution in [0.25, 0.3) is 0 Å². The minimum absolute atomic E-state index is 0.0243. The Morgan fingerprint density at radius 2 is 1.84 bits per heavy atom. The van der Waals surface area contributed by atoms with Gasteiger partial charge in [-0.2, -0.15) is 5.26 Å². The number of hydrogen-bond donors (Lipinski definition) is 0. The quantitative estimate of drug-likeness (QED) is 0.793. The van der Waals surface area contributed by atoms with Crippen molar-refractivity contribution >= 4 is 6.29 Å². The summed E-state index contributed by atoms with van der Waals surface area (Å²) in [5, 5.41) is 8.61. The Hall–Kier alpha value is -2.74. The summed E-state index contributed by atoms with van der Waals surface area (Å²) in [7, 11) is 0. The zero-order chi connectivity index (χ0) is 13.8. The van der Waals surface area contributed by atoms with Gasteiger partial charge >= 0.3 is 0 Å². The predicted molar refractivity (Wildman–Crippen MR) is 63.0 cm³/mol. The van der Waals surface area contributed by atoms with Crippen LogP contribution in [0, 0.1) is 23.0 Å². The highest BCUT2D eigenvalue weighted by Gasteiger charge is 2.10. The molecule has 0 radical (unpaired) electrons. The highest BCUT2D eigenvalue weighted by Crippen LogP contribution is 2.27. The number of rotatable bonds is 3. The standard InChI is InChI=1S/C14H7F2NO2/c15-11-2-4-13(10(6-11)8-18)19-14-3-1-9(7-17)5-12(14)16/h1-6,8H. The van der Waals surface area contributed by atoms with Crippen LogP contribution < -0.4 is 4.74 Å². The van der Waals surface area contributed by atoms with Gasteiger partial charge in [0.25, 0.3) is 0 Å². The van der Waals surface area contributed by atoms with Gasteiger partial charge in [-0.15, -0.1) is 0 Å². The summed E-state index contributed by atoms with van der Waals surface area (Å²) in [6.07, 6.45) is 0.417. The number of hydrogen-bond acceptors (Lipinski definition) is 3. The molecule has 3 nitrogen and oxygen atoms in total. The van der Waals surface area contributed by atoms with Crippen LogP contribution >= 0.6 is 0 Å². The van der Waals surface area contributed by atoms with Gasteiger partial charge in [-0.25, -0.2) is 8.78 Å². The number of halogens is 2. The zero-order valence-corrected chi connectivity index (χ0v) is 9.56. The molecule has 0 saturated carbocycles. The van der Waals surface area contributed by atoms with Crippen LogP contribution in [0.4, 0.5) is 8.78 Å². The molecule has 0 aliphatic heterocycles. The summed E-state index contributed by atoms with van der Waals surface area (Å²) in [5.74, 6) is -1.43. The third-order valence-corrected chi connectivity index (χ3v) is 2.38. The van der Waals surface area contributed by atoms with Crippen molar-refractivity contribution in [3.8, 4) is 17.6 Å². The van der Waals surface area contributed by atoms with Crippen molar-refractivity contribution in [3.63, 3.8) is 0 Å². The van der Waals surface area contributed by atoms with Crippen molar-refractivity contribution in [2.75, 3.05) is 0 Å². The molecule has 0 heterocycles. The molecular weight excluding hydrogens is 252 g/mol. The average Bonchev–Trinajstić information content (AvgIpc) is 2.42. The molecule has 0 spiro atoms. The first-order valence-corrected chi connectivity index (χ1v) is 5.26. The average molecular weight is 259 g/mol. The Kier molecular flexibility index (Phi) is 3.53. The van der Waals surface area contributed by atoms with E-state index in [2.05, 4.69) is 0 Å². The van der Waals surface area contributed by atoms with E-state index in [9.17, 15) is 13.6 Å². The molecule has 0 amide bonds. The molecule has 0 aromatic heterocycles. The molecule has 0 N–H and O–H groups in total. The van der Waals surface area contributed by atoms with Gasteiger partial charge in [0.2, 0.25) is 0 Å². The van der Waals surface area contributed by atoms with E-state index in [0.29, 0.717) is 6.29 Å². The number of carbonyl (C=O) groups excluding carboxylic acids is 1. The molecule has 0 unspecified atom stereocenters. The number of benzene rings is 2. The van der Waals surface area contributed by atoms with E-state index in [0.717, 1.165) is 18.2 Å². The second-order valence-corrected chi connectivity index (χ2v) is 3.66. The highest BCUT2D eigenvalue weighted by atomic mass is 19.1. The van der Waals surface area contributed by atoms with E-state index < -0.39 is 11.6 Å². The van der Waals surface area contributed by atoms with Crippen LogP contribution in [0.1, 0.15) is 15.9 Å². The lowest BCUT2D eigenvalue weighted by atomic mass is 10.2. The fraction of sp³-hybridized carbons (Fsp3) is 0. The van der Waals surface area contributed by atoms with Gasteiger partial charge in [-0.1, -0.05) is 0 Å². The van der Waals surface area contributed by atoms with E-state index in [1.165, 1.54) is 18.2 Å². The minimum atomic E-state index is -0.736. The normalized spacial score (nSPS) is 9.74. The number of nitriles is 1. The van der Waals surface area contributed by atoms with Gasteiger partial charge in [0, 0.05) is 0 Å². The molecule has 0 bridgehead atoms. The number of aldehydes is 1. The van der Waals surface area contributed by atoms with Crippen LogP contribution in [0.5, 0.6) is 11.5 Å². The second kappa shape index (κ2) is 5.27. The van der Waals surface area contributed by atoms with Crippen molar-refractivity contribution in [2.24, 2.45) is 0 Å². The molecule has 94 valence electrons. The molecule has 0 fully saturated rings. The van der Waals surface area contributed by atoms with Crippen LogP contribution in [0.3, 0.4) is 0 Å². The van der Waals surface area contributed by atoms with E-state index >= 15 is 0 Å². The first kappa shape index (κ1) is 12.7. The van der Waals surface area contributed by atoms with Crippen molar-refractivity contribution < 1.29 is 18.3 Å². The monoisotopic (exact) mass is 259 g/mol. The Morgan fingerprint density at radius 3 is 2.47 bits per heavy atom. The van der Waals surface area contributed by atoms with Crippen LogP contribution in [0.15, 0.2) is 36.4 Å². The maximum atomic E-state index is 13.6. The maximum Gasteiger partial charge on any atom is 0.167 e. The molecule has 0 aliphatic rings. The summed E-state index contributed by atoms with van der Waals surface area (Å²) < 4.78 is 31.7. The molecule has 2 aromatic carbocycles. The van der Waals surface area contributed by atoms with Gasteiger partial charge in [0.05, 0.1) is 17.2 Å². The fourth-order valence-electron chi connectivity index (χ4n) is 1.48. The van der Waals surface area contributed by atoms with Crippen LogP contribution in [0.2, 0.25) is 0 Å². The number of carbonyl (C=O) groups is 1. The SMILES string of the molecule is N#Cc1ccc(Oc2ccc(F)cc2C=O)c(F)c1. The van der Waals surface area contributed by atoms with Gasteiger partial charge in [0.15, 0.2) is 17.9 Å². The van der Waals surface area contributed by atoms with E-state index in [1.54, 1.807) is 6.07 Å². The van der Waals surface area contributed by atoms with Crippen molar-refractivity contribution in [2.45, 2.75) is 0 Å². The third-order valence-electron chi connectivity index (χ3n) is 2.38. The summed E-state index contributed by atoms with van der Waals surface area (Å²) in [6.45, 7) is 0. The summed E-state index contributed by atoms with van der Waals surface area (Å²) in [4.78, 5) is 10.8. The molecule has 5 heteroatoms. The lowest BCUT2D eigenvalue weighted by Crippen LogP contribution is -1.94. The molecule has 0 atom stereocenters. The topological polar surface area (TPSA) is 50.1 Å². The summed E-state index contributed by atoms with van der Waals surface area (Å²) in [6, 6.07) is 8.77. The Balaban J connectivity index is 2.36. The van der Waals surface area contributed by atoms with Crippen molar-refractivity contribution in [3.05, 3.63) is 59.2 Å². The molecule has 0 saturated heterocycles. The first-order chi connectivity index (χ1) is 9.13. The van der Waals surface area contributed by atoms with Crippen molar-refractivity contribution in [1.29, 1.82) is 5.26 Å². The van der Waals surface area contributed by atoms with E-state index in [1.807, 2.05) is 0 Å². The first-order valence-electron chi connectivity index (χ1n) is 5.26. The fourth-order valence-corrected chi connectivity index (χ4v) is 1.48. The maximum absolute atomic E-state index is 13.6. The highest BCUT2D eigenvalue weighted by molar-refractivity contribution is 5.79. The summed E-state index contributed by atoms with van der Waals surface area (Å²) >= 11 is 0. The lowest BCUT2D eigenvalue weighted by molar-refractivity contribution is 0.112. The van der Waals surface area contributed by atoms with Gasteiger partial charge in [0.1, 0.15) is 11.6 Å². The van der Waals surface area contributed by atoms with Crippen LogP contribution in [-0.2, 0) is 0 Å². The van der Waals surface area contributed by atoms with Crippen molar-refractivity contribution in [1.82, 2.24) is 0 Å². The third kappa shape index (κ3) is 2.75.